The molecule has 2 rings (SSSR count). The van der Waals surface area contributed by atoms with Crippen molar-refractivity contribution in [3.05, 3.63) is 28.2 Å². The lowest BCUT2D eigenvalue weighted by Crippen LogP contribution is -2.39. The molecule has 0 heterocycles. The number of nitrogens with two attached hydrogens (primary N) is 1. The van der Waals surface area contributed by atoms with Crippen LogP contribution in [-0.2, 0) is 0 Å². The number of nitrogen functional groups attached to an aromatic ring is 1. The van der Waals surface area contributed by atoms with Gasteiger partial charge < -0.3 is 16.2 Å². The second kappa shape index (κ2) is 4.07. The van der Waals surface area contributed by atoms with Crippen LogP contribution >= 0.6 is 15.9 Å². The Labute approximate surface area is 102 Å². The zero-order valence-electron chi connectivity index (χ0n) is 8.66. The Morgan fingerprint density at radius 3 is 2.75 bits per heavy atom. The molecular weight excluding hydrogens is 272 g/mol. The molecule has 1 aliphatic rings. The highest BCUT2D eigenvalue weighted by molar-refractivity contribution is 9.10. The van der Waals surface area contributed by atoms with E-state index in [1.807, 2.05) is 0 Å². The van der Waals surface area contributed by atoms with Gasteiger partial charge in [-0.05, 0) is 47.0 Å². The van der Waals surface area contributed by atoms with Gasteiger partial charge in [0.1, 0.15) is 0 Å². The highest BCUT2D eigenvalue weighted by atomic mass is 79.9. The third-order valence-electron chi connectivity index (χ3n) is 2.80. The Morgan fingerprint density at radius 2 is 2.25 bits per heavy atom. The van der Waals surface area contributed by atoms with Crippen molar-refractivity contribution in [1.29, 1.82) is 0 Å². The van der Waals surface area contributed by atoms with E-state index in [0.29, 0.717) is 15.7 Å². The standard InChI is InChI=1S/C11H13BrN2O2/c12-8-5-7(1-2-9(8)13)10(16)14-11(6-15)3-4-11/h1-2,5,15H,3-4,6,13H2,(H,14,16). The fourth-order valence-corrected chi connectivity index (χ4v) is 1.83. The van der Waals surface area contributed by atoms with Crippen LogP contribution in [0.2, 0.25) is 0 Å². The van der Waals surface area contributed by atoms with Gasteiger partial charge in [-0.3, -0.25) is 4.79 Å². The number of aliphatic hydroxyl groups excluding tert-OH is 1. The van der Waals surface area contributed by atoms with E-state index < -0.39 is 0 Å². The highest BCUT2D eigenvalue weighted by Gasteiger charge is 2.43. The van der Waals surface area contributed by atoms with Gasteiger partial charge in [0.2, 0.25) is 0 Å². The monoisotopic (exact) mass is 284 g/mol. The maximum Gasteiger partial charge on any atom is 0.251 e. The number of benzene rings is 1. The fourth-order valence-electron chi connectivity index (χ4n) is 1.45. The number of amides is 1. The van der Waals surface area contributed by atoms with Crippen LogP contribution in [0.15, 0.2) is 22.7 Å². The van der Waals surface area contributed by atoms with Gasteiger partial charge >= 0.3 is 0 Å². The molecule has 86 valence electrons. The smallest absolute Gasteiger partial charge is 0.251 e. The number of hydrogen-bond acceptors (Lipinski definition) is 3. The first-order chi connectivity index (χ1) is 7.56. The summed E-state index contributed by atoms with van der Waals surface area (Å²) in [5.74, 6) is -0.174. The maximum absolute atomic E-state index is 11.8. The predicted octanol–water partition coefficient (Wildman–Crippen LogP) is 1.29. The summed E-state index contributed by atoms with van der Waals surface area (Å²) in [6.45, 7) is -0.00508. The molecule has 5 heteroatoms. The van der Waals surface area contributed by atoms with Crippen molar-refractivity contribution in [3.8, 4) is 0 Å². The topological polar surface area (TPSA) is 75.4 Å². The Morgan fingerprint density at radius 1 is 1.56 bits per heavy atom. The van der Waals surface area contributed by atoms with Crippen molar-refractivity contribution in [2.45, 2.75) is 18.4 Å². The Balaban J connectivity index is 2.12. The van der Waals surface area contributed by atoms with Crippen LogP contribution in [0.4, 0.5) is 5.69 Å². The van der Waals surface area contributed by atoms with Crippen molar-refractivity contribution in [2.24, 2.45) is 0 Å². The van der Waals surface area contributed by atoms with Crippen molar-refractivity contribution < 1.29 is 9.90 Å². The average Bonchev–Trinajstić information content (AvgIpc) is 3.02. The third kappa shape index (κ3) is 2.20. The number of aliphatic hydroxyl groups is 1. The molecule has 0 unspecified atom stereocenters. The fraction of sp³-hybridized carbons (Fsp3) is 0.364. The van der Waals surface area contributed by atoms with Crippen LogP contribution in [0.3, 0.4) is 0 Å². The van der Waals surface area contributed by atoms with Crippen molar-refractivity contribution in [1.82, 2.24) is 5.32 Å². The molecular formula is C11H13BrN2O2. The van der Waals surface area contributed by atoms with Crippen LogP contribution in [0.25, 0.3) is 0 Å². The Bertz CT molecular complexity index is 430. The van der Waals surface area contributed by atoms with E-state index in [4.69, 9.17) is 10.8 Å². The van der Waals surface area contributed by atoms with E-state index >= 15 is 0 Å². The van der Waals surface area contributed by atoms with E-state index in [0.717, 1.165) is 12.8 Å². The normalized spacial score (nSPS) is 16.9. The first kappa shape index (κ1) is 11.4. The molecule has 0 atom stereocenters. The number of carbonyl (C=O) groups excluding carboxylic acids is 1. The summed E-state index contributed by atoms with van der Waals surface area (Å²) in [4.78, 5) is 11.8. The lowest BCUT2D eigenvalue weighted by Gasteiger charge is -2.14. The molecule has 1 aliphatic carbocycles. The van der Waals surface area contributed by atoms with Crippen LogP contribution in [-0.4, -0.2) is 23.2 Å². The summed E-state index contributed by atoms with van der Waals surface area (Å²) < 4.78 is 0.703. The number of rotatable bonds is 3. The third-order valence-corrected chi connectivity index (χ3v) is 3.48. The molecule has 4 nitrogen and oxygen atoms in total. The molecule has 0 bridgehead atoms. The molecule has 1 saturated carbocycles. The summed E-state index contributed by atoms with van der Waals surface area (Å²) in [5.41, 5.74) is 6.39. The first-order valence-electron chi connectivity index (χ1n) is 5.05. The number of anilines is 1. The van der Waals surface area contributed by atoms with Gasteiger partial charge in [-0.15, -0.1) is 0 Å². The zero-order valence-corrected chi connectivity index (χ0v) is 10.3. The molecule has 0 spiro atoms. The van der Waals surface area contributed by atoms with E-state index in [1.165, 1.54) is 0 Å². The van der Waals surface area contributed by atoms with Crippen LogP contribution < -0.4 is 11.1 Å². The minimum atomic E-state index is -0.384. The number of hydrogen-bond donors (Lipinski definition) is 3. The molecule has 0 aliphatic heterocycles. The van der Waals surface area contributed by atoms with E-state index in [1.54, 1.807) is 18.2 Å². The van der Waals surface area contributed by atoms with Gasteiger partial charge in [-0.25, -0.2) is 0 Å². The Hall–Kier alpha value is -1.07. The van der Waals surface area contributed by atoms with Gasteiger partial charge in [-0.1, -0.05) is 0 Å². The molecule has 4 N–H and O–H groups in total. The van der Waals surface area contributed by atoms with Crippen LogP contribution in [0.5, 0.6) is 0 Å². The average molecular weight is 285 g/mol. The van der Waals surface area contributed by atoms with Crippen LogP contribution in [0.1, 0.15) is 23.2 Å². The van der Waals surface area contributed by atoms with E-state index in [-0.39, 0.29) is 18.1 Å². The van der Waals surface area contributed by atoms with Gasteiger partial charge in [0.05, 0.1) is 12.1 Å². The molecule has 16 heavy (non-hydrogen) atoms. The van der Waals surface area contributed by atoms with Gasteiger partial charge in [-0.2, -0.15) is 0 Å². The second-order valence-corrected chi connectivity index (χ2v) is 4.98. The molecule has 0 aromatic heterocycles. The molecule has 0 saturated heterocycles. The highest BCUT2D eigenvalue weighted by Crippen LogP contribution is 2.35. The first-order valence-corrected chi connectivity index (χ1v) is 5.84. The van der Waals surface area contributed by atoms with Crippen LogP contribution in [0, 0.1) is 0 Å². The van der Waals surface area contributed by atoms with Crippen molar-refractivity contribution in [2.75, 3.05) is 12.3 Å². The molecule has 1 fully saturated rings. The lowest BCUT2D eigenvalue weighted by atomic mass is 10.1. The quantitative estimate of drug-likeness (QED) is 0.732. The summed E-state index contributed by atoms with van der Waals surface area (Å²) in [5, 5.41) is 11.9. The summed E-state index contributed by atoms with van der Waals surface area (Å²) in [6.07, 6.45) is 1.68. The largest absolute Gasteiger partial charge is 0.398 e. The summed E-state index contributed by atoms with van der Waals surface area (Å²) >= 11 is 3.27. The maximum atomic E-state index is 11.8. The number of carbonyl (C=O) groups is 1. The zero-order chi connectivity index (χ0) is 11.8. The molecule has 1 aromatic rings. The number of halogens is 1. The SMILES string of the molecule is Nc1ccc(C(=O)NC2(CO)CC2)cc1Br. The minimum absolute atomic E-state index is 0.00508. The Kier molecular flexibility index (Phi) is 2.90. The lowest BCUT2D eigenvalue weighted by molar-refractivity contribution is 0.0907. The van der Waals surface area contributed by atoms with E-state index in [9.17, 15) is 4.79 Å². The predicted molar refractivity (Wildman–Crippen MR) is 65.1 cm³/mol. The minimum Gasteiger partial charge on any atom is -0.398 e. The second-order valence-electron chi connectivity index (χ2n) is 4.13. The van der Waals surface area contributed by atoms with Gasteiger partial charge in [0.25, 0.3) is 5.91 Å². The molecule has 1 amide bonds. The van der Waals surface area contributed by atoms with Crippen molar-refractivity contribution >= 4 is 27.5 Å². The van der Waals surface area contributed by atoms with Gasteiger partial charge in [0.15, 0.2) is 0 Å². The molecule has 0 radical (unpaired) electrons. The van der Waals surface area contributed by atoms with E-state index in [2.05, 4.69) is 21.2 Å². The van der Waals surface area contributed by atoms with Gasteiger partial charge in [0, 0.05) is 15.7 Å². The van der Waals surface area contributed by atoms with Crippen molar-refractivity contribution in [3.63, 3.8) is 0 Å². The molecule has 1 aromatic carbocycles. The summed E-state index contributed by atoms with van der Waals surface area (Å²) in [7, 11) is 0. The number of nitrogens with one attached hydrogen (secondary N) is 1. The summed E-state index contributed by atoms with van der Waals surface area (Å²) in [6, 6.07) is 5.03.